The number of thioether (sulfide) groups is 1. The molecule has 0 unspecified atom stereocenters. The smallest absolute Gasteiger partial charge is 0.327 e. The summed E-state index contributed by atoms with van der Waals surface area (Å²) in [6, 6.07) is 7.56. The van der Waals surface area contributed by atoms with Gasteiger partial charge in [-0.3, -0.25) is 14.4 Å². The molecule has 1 aromatic rings. The third kappa shape index (κ3) is 4.56. The Bertz CT molecular complexity index is 620. The molecule has 1 saturated heterocycles. The monoisotopic (exact) mass is 336 g/mol. The van der Waals surface area contributed by atoms with Crippen LogP contribution < -0.4 is 5.32 Å². The predicted molar refractivity (Wildman–Crippen MR) is 83.7 cm³/mol. The molecule has 1 aliphatic heterocycles. The summed E-state index contributed by atoms with van der Waals surface area (Å²) in [6.45, 7) is -0.119. The number of carboxylic acid groups (broad SMARTS) is 1. The maximum Gasteiger partial charge on any atom is 0.327 e. The Hall–Kier alpha value is -2.35. The molecule has 1 fully saturated rings. The van der Waals surface area contributed by atoms with Crippen LogP contribution in [0, 0.1) is 0 Å². The van der Waals surface area contributed by atoms with Gasteiger partial charge in [-0.1, -0.05) is 42.1 Å². The van der Waals surface area contributed by atoms with Crippen molar-refractivity contribution in [3.63, 3.8) is 0 Å². The molecule has 23 heavy (non-hydrogen) atoms. The Balaban J connectivity index is 1.85. The van der Waals surface area contributed by atoms with Gasteiger partial charge in [0.25, 0.3) is 0 Å². The van der Waals surface area contributed by atoms with Crippen LogP contribution >= 0.6 is 11.8 Å². The summed E-state index contributed by atoms with van der Waals surface area (Å²) in [5, 5.41) is 11.4. The van der Waals surface area contributed by atoms with Crippen molar-refractivity contribution >= 4 is 34.7 Å². The van der Waals surface area contributed by atoms with Crippen LogP contribution in [-0.4, -0.2) is 51.4 Å². The number of carbonyl (C=O) groups is 4. The summed E-state index contributed by atoms with van der Waals surface area (Å²) in [6.07, 6.45) is -0.222. The first-order chi connectivity index (χ1) is 11.0. The third-order valence-corrected chi connectivity index (χ3v) is 4.27. The average Bonchev–Trinajstić information content (AvgIpc) is 2.55. The molecule has 1 aliphatic rings. The quantitative estimate of drug-likeness (QED) is 0.821. The first-order valence-electron chi connectivity index (χ1n) is 7.00. The maximum absolute atomic E-state index is 12.1. The molecular weight excluding hydrogens is 320 g/mol. The van der Waals surface area contributed by atoms with E-state index in [-0.39, 0.29) is 30.4 Å². The SMILES string of the molecule is O=C1C[C@@H](C(=O)O)N(C(=O)CCSC(=O)c2ccccc2)CN1. The van der Waals surface area contributed by atoms with Crippen LogP contribution in [0.25, 0.3) is 0 Å². The standard InChI is InChI=1S/C15H16N2O5S/c18-12-8-11(14(20)21)17(9-16-12)13(19)6-7-23-15(22)10-4-2-1-3-5-10/h1-5,11H,6-9H2,(H,16,18)(H,20,21)/t11-/m0/s1. The van der Waals surface area contributed by atoms with E-state index >= 15 is 0 Å². The van der Waals surface area contributed by atoms with E-state index in [1.54, 1.807) is 24.3 Å². The zero-order valence-electron chi connectivity index (χ0n) is 12.2. The van der Waals surface area contributed by atoms with Gasteiger partial charge in [-0.25, -0.2) is 4.79 Å². The Morgan fingerprint density at radius 3 is 2.61 bits per heavy atom. The van der Waals surface area contributed by atoms with Crippen molar-refractivity contribution in [1.82, 2.24) is 10.2 Å². The van der Waals surface area contributed by atoms with Gasteiger partial charge in [-0.05, 0) is 0 Å². The summed E-state index contributed by atoms with van der Waals surface area (Å²) in [5.41, 5.74) is 0.554. The molecule has 2 amide bonds. The molecule has 2 rings (SSSR count). The average molecular weight is 336 g/mol. The third-order valence-electron chi connectivity index (χ3n) is 3.37. The molecule has 2 N–H and O–H groups in total. The van der Waals surface area contributed by atoms with Gasteiger partial charge in [-0.15, -0.1) is 0 Å². The summed E-state index contributed by atoms with van der Waals surface area (Å²) < 4.78 is 0. The number of carboxylic acids is 1. The molecule has 0 aromatic heterocycles. The Morgan fingerprint density at radius 2 is 1.96 bits per heavy atom. The molecule has 1 atom stereocenters. The number of hydrogen-bond donors (Lipinski definition) is 2. The zero-order valence-corrected chi connectivity index (χ0v) is 13.0. The van der Waals surface area contributed by atoms with Gasteiger partial charge in [0.05, 0.1) is 13.1 Å². The van der Waals surface area contributed by atoms with Gasteiger partial charge in [0.1, 0.15) is 6.04 Å². The van der Waals surface area contributed by atoms with Crippen LogP contribution in [0.4, 0.5) is 0 Å². The van der Waals surface area contributed by atoms with Gasteiger partial charge < -0.3 is 15.3 Å². The second kappa shape index (κ2) is 7.77. The van der Waals surface area contributed by atoms with E-state index in [1.807, 2.05) is 6.07 Å². The van der Waals surface area contributed by atoms with Gasteiger partial charge in [0.15, 0.2) is 0 Å². The highest BCUT2D eigenvalue weighted by Gasteiger charge is 2.35. The Morgan fingerprint density at radius 1 is 1.26 bits per heavy atom. The van der Waals surface area contributed by atoms with Gasteiger partial charge in [-0.2, -0.15) is 0 Å². The first kappa shape index (κ1) is 17.0. The molecule has 7 nitrogen and oxygen atoms in total. The van der Waals surface area contributed by atoms with Gasteiger partial charge in [0.2, 0.25) is 16.9 Å². The largest absolute Gasteiger partial charge is 0.480 e. The Kier molecular flexibility index (Phi) is 5.75. The highest BCUT2D eigenvalue weighted by molar-refractivity contribution is 8.14. The molecule has 0 bridgehead atoms. The van der Waals surface area contributed by atoms with Crippen LogP contribution in [0.3, 0.4) is 0 Å². The zero-order chi connectivity index (χ0) is 16.8. The summed E-state index contributed by atoms with van der Waals surface area (Å²) in [5.74, 6) is -1.74. The molecule has 1 heterocycles. The number of rotatable bonds is 5. The van der Waals surface area contributed by atoms with Crippen LogP contribution in [0.15, 0.2) is 30.3 Å². The van der Waals surface area contributed by atoms with Crippen LogP contribution in [0.2, 0.25) is 0 Å². The first-order valence-corrected chi connectivity index (χ1v) is 7.98. The van der Waals surface area contributed by atoms with Crippen molar-refractivity contribution in [2.24, 2.45) is 0 Å². The highest BCUT2D eigenvalue weighted by atomic mass is 32.2. The minimum Gasteiger partial charge on any atom is -0.480 e. The lowest BCUT2D eigenvalue weighted by atomic mass is 10.1. The van der Waals surface area contributed by atoms with Crippen LogP contribution in [-0.2, 0) is 14.4 Å². The fourth-order valence-corrected chi connectivity index (χ4v) is 2.92. The Labute approximate surface area is 137 Å². The lowest BCUT2D eigenvalue weighted by Gasteiger charge is -2.32. The summed E-state index contributed by atoms with van der Waals surface area (Å²) in [7, 11) is 0. The van der Waals surface area contributed by atoms with E-state index in [0.29, 0.717) is 5.56 Å². The topological polar surface area (TPSA) is 104 Å². The molecule has 1 aromatic carbocycles. The number of hydrogen-bond acceptors (Lipinski definition) is 5. The van der Waals surface area contributed by atoms with Crippen molar-refractivity contribution in [2.45, 2.75) is 18.9 Å². The lowest BCUT2D eigenvalue weighted by molar-refractivity contribution is -0.155. The fourth-order valence-electron chi connectivity index (χ4n) is 2.16. The minimum atomic E-state index is -1.21. The van der Waals surface area contributed by atoms with Gasteiger partial charge in [0, 0.05) is 17.7 Å². The van der Waals surface area contributed by atoms with Crippen molar-refractivity contribution in [3.8, 4) is 0 Å². The minimum absolute atomic E-state index is 0.0306. The fraction of sp³-hybridized carbons (Fsp3) is 0.333. The molecule has 0 spiro atoms. The number of amides is 2. The molecule has 8 heteroatoms. The molecule has 0 saturated carbocycles. The van der Waals surface area contributed by atoms with Crippen LogP contribution in [0.1, 0.15) is 23.2 Å². The van der Waals surface area contributed by atoms with Crippen molar-refractivity contribution in [3.05, 3.63) is 35.9 Å². The van der Waals surface area contributed by atoms with E-state index in [9.17, 15) is 19.2 Å². The van der Waals surface area contributed by atoms with Crippen molar-refractivity contribution in [2.75, 3.05) is 12.4 Å². The molecular formula is C15H16N2O5S. The van der Waals surface area contributed by atoms with E-state index in [2.05, 4.69) is 5.32 Å². The lowest BCUT2D eigenvalue weighted by Crippen LogP contribution is -2.56. The van der Waals surface area contributed by atoms with E-state index in [4.69, 9.17) is 5.11 Å². The van der Waals surface area contributed by atoms with Crippen molar-refractivity contribution in [1.29, 1.82) is 0 Å². The molecule has 122 valence electrons. The summed E-state index contributed by atoms with van der Waals surface area (Å²) >= 11 is 1.01. The normalized spacial score (nSPS) is 17.5. The second-order valence-corrected chi connectivity index (χ2v) is 6.00. The van der Waals surface area contributed by atoms with E-state index in [0.717, 1.165) is 16.7 Å². The number of nitrogens with one attached hydrogen (secondary N) is 1. The second-order valence-electron chi connectivity index (χ2n) is 4.93. The summed E-state index contributed by atoms with van der Waals surface area (Å²) in [4.78, 5) is 47.5. The number of nitrogens with zero attached hydrogens (tertiary/aromatic N) is 1. The maximum atomic E-state index is 12.1. The van der Waals surface area contributed by atoms with Crippen LogP contribution in [0.5, 0.6) is 0 Å². The van der Waals surface area contributed by atoms with Gasteiger partial charge >= 0.3 is 5.97 Å². The van der Waals surface area contributed by atoms with E-state index < -0.39 is 23.8 Å². The molecule has 0 aliphatic carbocycles. The number of aliphatic carboxylic acids is 1. The highest BCUT2D eigenvalue weighted by Crippen LogP contribution is 2.16. The van der Waals surface area contributed by atoms with Crippen molar-refractivity contribution < 1.29 is 24.3 Å². The van der Waals surface area contributed by atoms with E-state index in [1.165, 1.54) is 0 Å². The number of benzene rings is 1. The number of carbonyl (C=O) groups excluding carboxylic acids is 3. The molecule has 0 radical (unpaired) electrons. The predicted octanol–water partition coefficient (Wildman–Crippen LogP) is 0.709.